The van der Waals surface area contributed by atoms with Crippen molar-refractivity contribution >= 4 is 18.3 Å². The third-order valence-corrected chi connectivity index (χ3v) is 5.39. The number of carboxylic acid groups (broad SMARTS) is 1. The maximum absolute atomic E-state index is 12.7. The minimum absolute atomic E-state index is 0.138. The number of carbonyl (C=O) groups excluding carboxylic acids is 2. The monoisotopic (exact) mass is 447 g/mol. The lowest BCUT2D eigenvalue weighted by molar-refractivity contribution is -0.131. The van der Waals surface area contributed by atoms with Crippen LogP contribution in [0.5, 0.6) is 0 Å². The molecule has 9 heteroatoms. The van der Waals surface area contributed by atoms with Crippen molar-refractivity contribution in [3.8, 4) is 0 Å². The van der Waals surface area contributed by atoms with Crippen molar-refractivity contribution in [3.63, 3.8) is 0 Å². The number of carbonyl (C=O) groups is 3. The van der Waals surface area contributed by atoms with Gasteiger partial charge >= 0.3 is 5.97 Å². The van der Waals surface area contributed by atoms with Gasteiger partial charge in [0, 0.05) is 57.4 Å². The van der Waals surface area contributed by atoms with Crippen LogP contribution in [-0.2, 0) is 25.6 Å². The lowest BCUT2D eigenvalue weighted by Gasteiger charge is -2.37. The predicted octanol–water partition coefficient (Wildman–Crippen LogP) is 1.44. The van der Waals surface area contributed by atoms with E-state index in [2.05, 4.69) is 40.5 Å². The van der Waals surface area contributed by atoms with Gasteiger partial charge in [0.1, 0.15) is 6.26 Å². The zero-order chi connectivity index (χ0) is 23.3. The summed E-state index contributed by atoms with van der Waals surface area (Å²) in [5, 5.41) is 7.86. The number of amides is 1. The van der Waals surface area contributed by atoms with Crippen LogP contribution in [0.3, 0.4) is 0 Å². The molecule has 1 N–H and O–H groups in total. The highest BCUT2D eigenvalue weighted by Gasteiger charge is 2.23. The molecule has 0 unspecified atom stereocenters. The van der Waals surface area contributed by atoms with Crippen molar-refractivity contribution in [2.45, 2.75) is 26.4 Å². The number of hydrogen-bond donors (Lipinski definition) is 1. The molecule has 2 aliphatic heterocycles. The van der Waals surface area contributed by atoms with E-state index in [9.17, 15) is 14.4 Å². The van der Waals surface area contributed by atoms with Gasteiger partial charge in [-0.2, -0.15) is 0 Å². The lowest BCUT2D eigenvalue weighted by Crippen LogP contribution is -2.50. The molecule has 176 valence electrons. The minimum atomic E-state index is -1.15. The fourth-order valence-corrected chi connectivity index (χ4v) is 3.52. The van der Waals surface area contributed by atoms with Gasteiger partial charge in [-0.05, 0) is 31.5 Å². The van der Waals surface area contributed by atoms with Gasteiger partial charge in [-0.25, -0.2) is 4.79 Å². The smallest absolute Gasteiger partial charge is 0.331 e. The summed E-state index contributed by atoms with van der Waals surface area (Å²) in [6, 6.07) is 8.70. The van der Waals surface area contributed by atoms with Crippen molar-refractivity contribution in [2.24, 2.45) is 0 Å². The summed E-state index contributed by atoms with van der Waals surface area (Å²) in [5.41, 5.74) is 2.07. The van der Waals surface area contributed by atoms with Crippen LogP contribution in [0.1, 0.15) is 29.8 Å². The van der Waals surface area contributed by atoms with Gasteiger partial charge in [0.25, 0.3) is 12.4 Å². The summed E-state index contributed by atoms with van der Waals surface area (Å²) < 4.78 is 9.28. The first-order valence-corrected chi connectivity index (χ1v) is 10.8. The molecule has 0 aromatic heterocycles. The Morgan fingerprint density at radius 2 is 1.69 bits per heavy atom. The molecule has 2 aliphatic rings. The number of carboxylic acids is 1. The molecule has 2 heterocycles. The summed E-state index contributed by atoms with van der Waals surface area (Å²) in [7, 11) is 0. The molecule has 0 saturated carbocycles. The second-order valence-electron chi connectivity index (χ2n) is 7.88. The topological polar surface area (TPSA) is 99.6 Å². The summed E-state index contributed by atoms with van der Waals surface area (Å²) in [4.78, 5) is 38.4. The molecule has 1 amide bonds. The highest BCUT2D eigenvalue weighted by molar-refractivity contribution is 5.94. The molecule has 3 rings (SSSR count). The van der Waals surface area contributed by atoms with E-state index in [4.69, 9.17) is 9.84 Å². The van der Waals surface area contributed by atoms with Gasteiger partial charge in [0.2, 0.25) is 0 Å². The SMILES string of the molecule is CC(C)N1CCN(C(=O)c2ccc(CN3CCOCC3)cc2)CC1.O=CO/C=C/C(=O)O. The molecule has 0 radical (unpaired) electrons. The first-order valence-electron chi connectivity index (χ1n) is 10.8. The van der Waals surface area contributed by atoms with Crippen LogP contribution in [0.25, 0.3) is 0 Å². The van der Waals surface area contributed by atoms with E-state index in [1.165, 1.54) is 5.56 Å². The molecular formula is C23H33N3O6. The normalized spacial score (nSPS) is 17.7. The van der Waals surface area contributed by atoms with Crippen molar-refractivity contribution in [1.82, 2.24) is 14.7 Å². The highest BCUT2D eigenvalue weighted by atomic mass is 16.5. The Balaban J connectivity index is 0.000000390. The molecule has 0 bridgehead atoms. The Bertz CT molecular complexity index is 752. The first-order chi connectivity index (χ1) is 15.4. The molecule has 0 atom stereocenters. The van der Waals surface area contributed by atoms with E-state index in [0.717, 1.165) is 70.9 Å². The van der Waals surface area contributed by atoms with E-state index >= 15 is 0 Å². The van der Waals surface area contributed by atoms with Crippen LogP contribution < -0.4 is 0 Å². The third-order valence-electron chi connectivity index (χ3n) is 5.39. The maximum atomic E-state index is 12.7. The molecule has 9 nitrogen and oxygen atoms in total. The van der Waals surface area contributed by atoms with Gasteiger partial charge in [0.15, 0.2) is 0 Å². The van der Waals surface area contributed by atoms with Gasteiger partial charge in [0.05, 0.1) is 19.3 Å². The third kappa shape index (κ3) is 8.78. The van der Waals surface area contributed by atoms with Crippen molar-refractivity contribution < 1.29 is 29.0 Å². The fourth-order valence-electron chi connectivity index (χ4n) is 3.52. The minimum Gasteiger partial charge on any atom is -0.478 e. The van der Waals surface area contributed by atoms with E-state index in [-0.39, 0.29) is 12.4 Å². The average molecular weight is 448 g/mol. The van der Waals surface area contributed by atoms with Gasteiger partial charge < -0.3 is 19.5 Å². The lowest BCUT2D eigenvalue weighted by atomic mass is 10.1. The average Bonchev–Trinajstić information content (AvgIpc) is 2.80. The molecular weight excluding hydrogens is 414 g/mol. The van der Waals surface area contributed by atoms with Gasteiger partial charge in [-0.15, -0.1) is 0 Å². The summed E-state index contributed by atoms with van der Waals surface area (Å²) in [6.45, 7) is 12.7. The van der Waals surface area contributed by atoms with Gasteiger partial charge in [-0.3, -0.25) is 19.4 Å². The van der Waals surface area contributed by atoms with Crippen LogP contribution in [-0.4, -0.2) is 96.7 Å². The number of hydrogen-bond acceptors (Lipinski definition) is 7. The quantitative estimate of drug-likeness (QED) is 0.381. The number of rotatable bonds is 7. The van der Waals surface area contributed by atoms with E-state index < -0.39 is 5.97 Å². The highest BCUT2D eigenvalue weighted by Crippen LogP contribution is 2.13. The van der Waals surface area contributed by atoms with E-state index in [0.29, 0.717) is 12.1 Å². The first kappa shape index (κ1) is 25.5. The summed E-state index contributed by atoms with van der Waals surface area (Å²) in [5.74, 6) is -0.983. The number of morpholine rings is 1. The second kappa shape index (κ2) is 13.6. The zero-order valence-corrected chi connectivity index (χ0v) is 18.8. The fraction of sp³-hybridized carbons (Fsp3) is 0.522. The summed E-state index contributed by atoms with van der Waals surface area (Å²) >= 11 is 0. The van der Waals surface area contributed by atoms with E-state index in [1.54, 1.807) is 0 Å². The molecule has 0 aliphatic carbocycles. The maximum Gasteiger partial charge on any atom is 0.331 e. The Morgan fingerprint density at radius 3 is 2.22 bits per heavy atom. The molecule has 0 spiro atoms. The molecule has 2 saturated heterocycles. The largest absolute Gasteiger partial charge is 0.478 e. The number of nitrogens with zero attached hydrogens (tertiary/aromatic N) is 3. The van der Waals surface area contributed by atoms with Crippen LogP contribution in [0.2, 0.25) is 0 Å². The van der Waals surface area contributed by atoms with Crippen molar-refractivity contribution in [1.29, 1.82) is 0 Å². The second-order valence-corrected chi connectivity index (χ2v) is 7.88. The zero-order valence-electron chi connectivity index (χ0n) is 18.8. The number of aliphatic carboxylic acids is 1. The van der Waals surface area contributed by atoms with Crippen molar-refractivity contribution in [2.75, 3.05) is 52.5 Å². The van der Waals surface area contributed by atoms with Crippen molar-refractivity contribution in [3.05, 3.63) is 47.7 Å². The molecule has 2 fully saturated rings. The molecule has 1 aromatic carbocycles. The Hall–Kier alpha value is -2.75. The molecule has 32 heavy (non-hydrogen) atoms. The van der Waals surface area contributed by atoms with Crippen LogP contribution >= 0.6 is 0 Å². The standard InChI is InChI=1S/C19H29N3O2.C4H4O4/c1-16(2)21-7-9-22(10-8-21)19(23)18-5-3-17(4-6-18)15-20-11-13-24-14-12-20;5-3-8-2-1-4(6)7/h3-6,16H,7-15H2,1-2H3;1-3H,(H,6,7)/b;2-1+. The van der Waals surface area contributed by atoms with E-state index in [1.807, 2.05) is 17.0 Å². The van der Waals surface area contributed by atoms with Crippen LogP contribution in [0.4, 0.5) is 0 Å². The molecule has 1 aromatic rings. The van der Waals surface area contributed by atoms with Crippen LogP contribution in [0, 0.1) is 0 Å². The number of benzene rings is 1. The Kier molecular flexibility index (Phi) is 10.9. The number of ether oxygens (including phenoxy) is 2. The Morgan fingerprint density at radius 1 is 1.06 bits per heavy atom. The summed E-state index contributed by atoms with van der Waals surface area (Å²) in [6.07, 6.45) is 1.50. The number of piperazine rings is 1. The van der Waals surface area contributed by atoms with Gasteiger partial charge in [-0.1, -0.05) is 12.1 Å². The Labute approximate surface area is 189 Å². The van der Waals surface area contributed by atoms with Crippen LogP contribution in [0.15, 0.2) is 36.6 Å². The predicted molar refractivity (Wildman–Crippen MR) is 119 cm³/mol.